The number of aromatic nitrogens is 1. The molecular formula is C12H20N+. The molecule has 0 N–H and O–H groups in total. The van der Waals surface area contributed by atoms with E-state index in [1.165, 1.54) is 18.4 Å². The first kappa shape index (κ1) is 10.2. The first-order valence-electron chi connectivity index (χ1n) is 5.24. The van der Waals surface area contributed by atoms with Crippen molar-refractivity contribution in [3.05, 3.63) is 30.1 Å². The average Bonchev–Trinajstić information content (AvgIpc) is 2.18. The highest BCUT2D eigenvalue weighted by molar-refractivity contribution is 5.05. The molecule has 1 nitrogen and oxygen atoms in total. The summed E-state index contributed by atoms with van der Waals surface area (Å²) in [5, 5.41) is 0. The zero-order valence-corrected chi connectivity index (χ0v) is 8.96. The lowest BCUT2D eigenvalue weighted by Gasteiger charge is -2.06. The lowest BCUT2D eigenvalue weighted by molar-refractivity contribution is -0.694. The van der Waals surface area contributed by atoms with Crippen molar-refractivity contribution in [2.75, 3.05) is 0 Å². The van der Waals surface area contributed by atoms with Crippen LogP contribution in [0, 0.1) is 5.92 Å². The fourth-order valence-electron chi connectivity index (χ4n) is 1.44. The van der Waals surface area contributed by atoms with Gasteiger partial charge in [0.15, 0.2) is 12.4 Å². The third-order valence-electron chi connectivity index (χ3n) is 2.57. The van der Waals surface area contributed by atoms with Gasteiger partial charge in [0.1, 0.15) is 6.54 Å². The van der Waals surface area contributed by atoms with Gasteiger partial charge in [0.2, 0.25) is 0 Å². The quantitative estimate of drug-likeness (QED) is 0.624. The second-order valence-corrected chi connectivity index (χ2v) is 3.76. The van der Waals surface area contributed by atoms with Gasteiger partial charge in [-0.2, -0.15) is 0 Å². The number of pyridine rings is 1. The molecule has 1 rings (SSSR count). The zero-order valence-electron chi connectivity index (χ0n) is 8.96. The van der Waals surface area contributed by atoms with Gasteiger partial charge in [0, 0.05) is 11.6 Å². The Morgan fingerprint density at radius 3 is 2.77 bits per heavy atom. The summed E-state index contributed by atoms with van der Waals surface area (Å²) in [5.74, 6) is 0.799. The summed E-state index contributed by atoms with van der Waals surface area (Å²) < 4.78 is 2.23. The molecule has 1 heterocycles. The number of aryl methyl sites for hydroxylation is 1. The van der Waals surface area contributed by atoms with E-state index in [4.69, 9.17) is 0 Å². The molecule has 0 fully saturated rings. The van der Waals surface area contributed by atoms with Crippen LogP contribution in [0.5, 0.6) is 0 Å². The molecule has 1 heteroatoms. The van der Waals surface area contributed by atoms with Crippen LogP contribution in [0.15, 0.2) is 24.5 Å². The summed E-state index contributed by atoms with van der Waals surface area (Å²) in [4.78, 5) is 0. The van der Waals surface area contributed by atoms with Crippen LogP contribution in [-0.4, -0.2) is 0 Å². The molecule has 0 amide bonds. The normalized spacial score (nSPS) is 12.8. The standard InChI is InChI=1S/C12H20N/c1-4-11(3)9-12-7-6-8-13(5-2)10-12/h6-8,10-11H,4-5,9H2,1-3H3/q+1/t11-/m0/s1. The van der Waals surface area contributed by atoms with E-state index in [1.54, 1.807) is 0 Å². The average molecular weight is 178 g/mol. The van der Waals surface area contributed by atoms with E-state index in [0.29, 0.717) is 0 Å². The Labute approximate surface area is 81.4 Å². The third-order valence-corrected chi connectivity index (χ3v) is 2.57. The molecule has 0 radical (unpaired) electrons. The highest BCUT2D eigenvalue weighted by Gasteiger charge is 2.04. The van der Waals surface area contributed by atoms with Crippen molar-refractivity contribution in [2.45, 2.75) is 40.2 Å². The van der Waals surface area contributed by atoms with Gasteiger partial charge in [-0.15, -0.1) is 0 Å². The Bertz CT molecular complexity index is 255. The van der Waals surface area contributed by atoms with Crippen molar-refractivity contribution in [1.82, 2.24) is 0 Å². The van der Waals surface area contributed by atoms with Gasteiger partial charge in [-0.05, 0) is 25.3 Å². The van der Waals surface area contributed by atoms with Crippen LogP contribution in [0.1, 0.15) is 32.8 Å². The van der Waals surface area contributed by atoms with Gasteiger partial charge >= 0.3 is 0 Å². The number of nitrogens with zero attached hydrogens (tertiary/aromatic N) is 1. The molecule has 0 aliphatic rings. The maximum atomic E-state index is 2.31. The Kier molecular flexibility index (Phi) is 3.94. The van der Waals surface area contributed by atoms with E-state index in [-0.39, 0.29) is 0 Å². The minimum Gasteiger partial charge on any atom is -0.205 e. The van der Waals surface area contributed by atoms with Gasteiger partial charge in [0.05, 0.1) is 0 Å². The highest BCUT2D eigenvalue weighted by atomic mass is 14.9. The molecule has 0 spiro atoms. The minimum absolute atomic E-state index is 0.799. The van der Waals surface area contributed by atoms with Gasteiger partial charge < -0.3 is 0 Å². The summed E-state index contributed by atoms with van der Waals surface area (Å²) in [5.41, 5.74) is 1.46. The molecule has 0 aromatic carbocycles. The topological polar surface area (TPSA) is 3.88 Å². The zero-order chi connectivity index (χ0) is 9.68. The maximum absolute atomic E-state index is 2.31. The summed E-state index contributed by atoms with van der Waals surface area (Å²) in [6.45, 7) is 7.80. The monoisotopic (exact) mass is 178 g/mol. The molecule has 0 saturated carbocycles. The molecule has 1 aromatic heterocycles. The van der Waals surface area contributed by atoms with Crippen molar-refractivity contribution in [3.8, 4) is 0 Å². The highest BCUT2D eigenvalue weighted by Crippen LogP contribution is 2.09. The minimum atomic E-state index is 0.799. The van der Waals surface area contributed by atoms with Crippen LogP contribution in [0.4, 0.5) is 0 Å². The van der Waals surface area contributed by atoms with Gasteiger partial charge in [-0.25, -0.2) is 4.57 Å². The fraction of sp³-hybridized carbons (Fsp3) is 0.583. The van der Waals surface area contributed by atoms with E-state index < -0.39 is 0 Å². The second kappa shape index (κ2) is 5.00. The van der Waals surface area contributed by atoms with Crippen LogP contribution in [0.3, 0.4) is 0 Å². The SMILES string of the molecule is CC[C@H](C)Cc1ccc[n+](CC)c1. The molecule has 72 valence electrons. The van der Waals surface area contributed by atoms with Gasteiger partial charge in [-0.1, -0.05) is 20.3 Å². The molecule has 0 aliphatic carbocycles. The van der Waals surface area contributed by atoms with E-state index in [9.17, 15) is 0 Å². The van der Waals surface area contributed by atoms with E-state index >= 15 is 0 Å². The Balaban J connectivity index is 2.66. The third kappa shape index (κ3) is 3.17. The molecule has 0 saturated heterocycles. The number of hydrogen-bond acceptors (Lipinski definition) is 0. The van der Waals surface area contributed by atoms with Crippen molar-refractivity contribution >= 4 is 0 Å². The Morgan fingerprint density at radius 1 is 1.38 bits per heavy atom. The Morgan fingerprint density at radius 2 is 2.15 bits per heavy atom. The van der Waals surface area contributed by atoms with Crippen molar-refractivity contribution in [2.24, 2.45) is 5.92 Å². The van der Waals surface area contributed by atoms with Crippen molar-refractivity contribution in [3.63, 3.8) is 0 Å². The van der Waals surface area contributed by atoms with Crippen LogP contribution in [0.2, 0.25) is 0 Å². The van der Waals surface area contributed by atoms with E-state index in [0.717, 1.165) is 12.5 Å². The summed E-state index contributed by atoms with van der Waals surface area (Å²) in [6.07, 6.45) is 6.85. The molecule has 13 heavy (non-hydrogen) atoms. The molecule has 0 bridgehead atoms. The largest absolute Gasteiger partial charge is 0.205 e. The van der Waals surface area contributed by atoms with Crippen LogP contribution >= 0.6 is 0 Å². The summed E-state index contributed by atoms with van der Waals surface area (Å²) >= 11 is 0. The first-order valence-corrected chi connectivity index (χ1v) is 5.24. The predicted octanol–water partition coefficient (Wildman–Crippen LogP) is 2.58. The van der Waals surface area contributed by atoms with Crippen LogP contribution in [-0.2, 0) is 13.0 Å². The smallest absolute Gasteiger partial charge is 0.171 e. The molecular weight excluding hydrogens is 158 g/mol. The maximum Gasteiger partial charge on any atom is 0.171 e. The summed E-state index contributed by atoms with van der Waals surface area (Å²) in [7, 11) is 0. The van der Waals surface area contributed by atoms with Gasteiger partial charge in [-0.3, -0.25) is 0 Å². The van der Waals surface area contributed by atoms with Crippen molar-refractivity contribution < 1.29 is 4.57 Å². The number of hydrogen-bond donors (Lipinski definition) is 0. The molecule has 1 aromatic rings. The van der Waals surface area contributed by atoms with E-state index in [1.807, 2.05) is 0 Å². The van der Waals surface area contributed by atoms with Crippen LogP contribution < -0.4 is 4.57 Å². The fourth-order valence-corrected chi connectivity index (χ4v) is 1.44. The summed E-state index contributed by atoms with van der Waals surface area (Å²) in [6, 6.07) is 4.36. The first-order chi connectivity index (χ1) is 6.26. The number of rotatable bonds is 4. The predicted molar refractivity (Wildman–Crippen MR) is 55.5 cm³/mol. The lowest BCUT2D eigenvalue weighted by atomic mass is 10.0. The Hall–Kier alpha value is -0.850. The van der Waals surface area contributed by atoms with E-state index in [2.05, 4.69) is 49.9 Å². The molecule has 0 aliphatic heterocycles. The molecule has 0 unspecified atom stereocenters. The molecule has 1 atom stereocenters. The second-order valence-electron chi connectivity index (χ2n) is 3.76. The van der Waals surface area contributed by atoms with Crippen molar-refractivity contribution in [1.29, 1.82) is 0 Å². The van der Waals surface area contributed by atoms with Gasteiger partial charge in [0.25, 0.3) is 0 Å². The lowest BCUT2D eigenvalue weighted by Crippen LogP contribution is -2.31. The van der Waals surface area contributed by atoms with Crippen LogP contribution in [0.25, 0.3) is 0 Å².